The van der Waals surface area contributed by atoms with Crippen LogP contribution in [0.25, 0.3) is 11.1 Å². The average molecular weight is 232 g/mol. The van der Waals surface area contributed by atoms with E-state index < -0.39 is 0 Å². The molecule has 4 nitrogen and oxygen atoms in total. The number of anilines is 1. The van der Waals surface area contributed by atoms with E-state index in [1.54, 1.807) is 7.11 Å². The maximum atomic E-state index is 5.87. The summed E-state index contributed by atoms with van der Waals surface area (Å²) in [6.07, 6.45) is 1.80. The lowest BCUT2D eigenvalue weighted by Crippen LogP contribution is -1.93. The molecule has 4 heteroatoms. The molecule has 0 aliphatic rings. The van der Waals surface area contributed by atoms with E-state index in [-0.39, 0.29) is 0 Å². The van der Waals surface area contributed by atoms with Crippen molar-refractivity contribution >= 4 is 5.82 Å². The average Bonchev–Trinajstić information content (AvgIpc) is 2.71. The topological polar surface area (TPSA) is 61.3 Å². The first-order chi connectivity index (χ1) is 8.27. The summed E-state index contributed by atoms with van der Waals surface area (Å²) in [5.74, 6) is 2.01. The number of hydrogen-bond acceptors (Lipinski definition) is 4. The van der Waals surface area contributed by atoms with Gasteiger partial charge in [0.2, 0.25) is 0 Å². The second-order valence-corrected chi connectivity index (χ2v) is 3.82. The lowest BCUT2D eigenvalue weighted by atomic mass is 10.0. The van der Waals surface area contributed by atoms with Crippen molar-refractivity contribution in [1.82, 2.24) is 5.16 Å². The van der Waals surface area contributed by atoms with Crippen molar-refractivity contribution in [3.8, 4) is 16.9 Å². The SMILES string of the molecule is CCCc1onc(N)c1-c1ccccc1OC. The standard InChI is InChI=1S/C13H16N2O2/c1-3-6-11-12(13(14)15-17-11)9-7-4-5-8-10(9)16-2/h4-5,7-8H,3,6H2,1-2H3,(H2,14,15). The normalized spacial score (nSPS) is 10.5. The molecule has 0 fully saturated rings. The van der Waals surface area contributed by atoms with Gasteiger partial charge in [0, 0.05) is 12.0 Å². The van der Waals surface area contributed by atoms with Crippen LogP contribution in [-0.4, -0.2) is 12.3 Å². The van der Waals surface area contributed by atoms with Crippen LogP contribution >= 0.6 is 0 Å². The molecule has 2 rings (SSSR count). The number of methoxy groups -OCH3 is 1. The number of para-hydroxylation sites is 1. The molecule has 0 amide bonds. The maximum absolute atomic E-state index is 5.87. The zero-order chi connectivity index (χ0) is 12.3. The number of nitrogens with two attached hydrogens (primary N) is 1. The first-order valence-corrected chi connectivity index (χ1v) is 5.65. The minimum Gasteiger partial charge on any atom is -0.496 e. The van der Waals surface area contributed by atoms with Crippen LogP contribution in [0.2, 0.25) is 0 Å². The highest BCUT2D eigenvalue weighted by Gasteiger charge is 2.18. The van der Waals surface area contributed by atoms with Crippen LogP contribution in [0, 0.1) is 0 Å². The molecule has 0 spiro atoms. The summed E-state index contributed by atoms with van der Waals surface area (Å²) >= 11 is 0. The Balaban J connectivity index is 2.55. The van der Waals surface area contributed by atoms with Crippen molar-refractivity contribution in [3.63, 3.8) is 0 Å². The molecular formula is C13H16N2O2. The number of benzene rings is 1. The highest BCUT2D eigenvalue weighted by Crippen LogP contribution is 2.36. The number of aromatic nitrogens is 1. The molecule has 0 aliphatic heterocycles. The van der Waals surface area contributed by atoms with Crippen LogP contribution in [0.1, 0.15) is 19.1 Å². The van der Waals surface area contributed by atoms with E-state index in [1.165, 1.54) is 0 Å². The smallest absolute Gasteiger partial charge is 0.175 e. The Kier molecular flexibility index (Phi) is 3.32. The number of nitrogens with zero attached hydrogens (tertiary/aromatic N) is 1. The van der Waals surface area contributed by atoms with E-state index >= 15 is 0 Å². The number of hydrogen-bond donors (Lipinski definition) is 1. The molecule has 1 heterocycles. The fourth-order valence-corrected chi connectivity index (χ4v) is 1.88. The Morgan fingerprint density at radius 1 is 1.35 bits per heavy atom. The second kappa shape index (κ2) is 4.91. The molecule has 2 N–H and O–H groups in total. The summed E-state index contributed by atoms with van der Waals surface area (Å²) in [5.41, 5.74) is 7.65. The van der Waals surface area contributed by atoms with Crippen LogP contribution in [0.15, 0.2) is 28.8 Å². The molecule has 0 unspecified atom stereocenters. The molecule has 0 radical (unpaired) electrons. The summed E-state index contributed by atoms with van der Waals surface area (Å²) in [7, 11) is 1.64. The molecule has 1 aromatic heterocycles. The number of ether oxygens (including phenoxy) is 1. The van der Waals surface area contributed by atoms with E-state index in [9.17, 15) is 0 Å². The Labute approximate surface area is 100 Å². The monoisotopic (exact) mass is 232 g/mol. The van der Waals surface area contributed by atoms with Crippen molar-refractivity contribution in [3.05, 3.63) is 30.0 Å². The van der Waals surface area contributed by atoms with Gasteiger partial charge in [0.25, 0.3) is 0 Å². The minimum atomic E-state index is 0.415. The molecule has 90 valence electrons. The number of aryl methyl sites for hydroxylation is 1. The predicted octanol–water partition coefficient (Wildman–Crippen LogP) is 2.88. The fraction of sp³-hybridized carbons (Fsp3) is 0.308. The van der Waals surface area contributed by atoms with Crippen molar-refractivity contribution in [2.75, 3.05) is 12.8 Å². The first kappa shape index (κ1) is 11.5. The fourth-order valence-electron chi connectivity index (χ4n) is 1.88. The third kappa shape index (κ3) is 2.11. The van der Waals surface area contributed by atoms with Crippen molar-refractivity contribution in [2.45, 2.75) is 19.8 Å². The van der Waals surface area contributed by atoms with Crippen LogP contribution in [0.4, 0.5) is 5.82 Å². The largest absolute Gasteiger partial charge is 0.496 e. The number of nitrogen functional groups attached to an aromatic ring is 1. The zero-order valence-corrected chi connectivity index (χ0v) is 10.1. The minimum absolute atomic E-state index is 0.415. The molecule has 0 atom stereocenters. The number of rotatable bonds is 4. The lowest BCUT2D eigenvalue weighted by molar-refractivity contribution is 0.385. The Morgan fingerprint density at radius 2 is 2.12 bits per heavy atom. The summed E-state index contributed by atoms with van der Waals surface area (Å²) in [6, 6.07) is 7.73. The van der Waals surface area contributed by atoms with Gasteiger partial charge in [-0.2, -0.15) is 0 Å². The highest BCUT2D eigenvalue weighted by molar-refractivity contribution is 5.79. The summed E-state index contributed by atoms with van der Waals surface area (Å²) in [5, 5.41) is 3.83. The molecule has 0 bridgehead atoms. The van der Waals surface area contributed by atoms with Gasteiger partial charge < -0.3 is 15.0 Å². The first-order valence-electron chi connectivity index (χ1n) is 5.65. The Bertz CT molecular complexity index is 506. The van der Waals surface area contributed by atoms with Crippen LogP contribution in [0.3, 0.4) is 0 Å². The molecule has 0 saturated carbocycles. The van der Waals surface area contributed by atoms with E-state index in [4.69, 9.17) is 15.0 Å². The van der Waals surface area contributed by atoms with Gasteiger partial charge in [0.05, 0.1) is 12.7 Å². The highest BCUT2D eigenvalue weighted by atomic mass is 16.5. The van der Waals surface area contributed by atoms with E-state index in [0.29, 0.717) is 5.82 Å². The van der Waals surface area contributed by atoms with Crippen molar-refractivity contribution < 1.29 is 9.26 Å². The third-order valence-corrected chi connectivity index (χ3v) is 2.64. The molecule has 0 aliphatic carbocycles. The van der Waals surface area contributed by atoms with Crippen molar-refractivity contribution in [2.24, 2.45) is 0 Å². The molecular weight excluding hydrogens is 216 g/mol. The van der Waals surface area contributed by atoms with Gasteiger partial charge in [-0.25, -0.2) is 0 Å². The van der Waals surface area contributed by atoms with Gasteiger partial charge in [0.1, 0.15) is 11.5 Å². The molecule has 1 aromatic carbocycles. The third-order valence-electron chi connectivity index (χ3n) is 2.64. The van der Waals surface area contributed by atoms with Gasteiger partial charge in [-0.15, -0.1) is 0 Å². The summed E-state index contributed by atoms with van der Waals surface area (Å²) < 4.78 is 10.6. The van der Waals surface area contributed by atoms with E-state index in [0.717, 1.165) is 35.5 Å². The Hall–Kier alpha value is -1.97. The molecule has 17 heavy (non-hydrogen) atoms. The van der Waals surface area contributed by atoms with Crippen LogP contribution < -0.4 is 10.5 Å². The van der Waals surface area contributed by atoms with E-state index in [1.807, 2.05) is 24.3 Å². The predicted molar refractivity (Wildman–Crippen MR) is 66.9 cm³/mol. The summed E-state index contributed by atoms with van der Waals surface area (Å²) in [4.78, 5) is 0. The molecule has 0 saturated heterocycles. The Morgan fingerprint density at radius 3 is 2.82 bits per heavy atom. The lowest BCUT2D eigenvalue weighted by Gasteiger charge is -2.07. The van der Waals surface area contributed by atoms with Gasteiger partial charge in [-0.1, -0.05) is 30.3 Å². The second-order valence-electron chi connectivity index (χ2n) is 3.82. The van der Waals surface area contributed by atoms with Gasteiger partial charge in [0.15, 0.2) is 5.82 Å². The van der Waals surface area contributed by atoms with Crippen molar-refractivity contribution in [1.29, 1.82) is 0 Å². The summed E-state index contributed by atoms with van der Waals surface area (Å²) in [6.45, 7) is 2.09. The van der Waals surface area contributed by atoms with E-state index in [2.05, 4.69) is 12.1 Å². The van der Waals surface area contributed by atoms with Crippen LogP contribution in [-0.2, 0) is 6.42 Å². The van der Waals surface area contributed by atoms with Gasteiger partial charge in [-0.05, 0) is 12.5 Å². The maximum Gasteiger partial charge on any atom is 0.175 e. The van der Waals surface area contributed by atoms with Crippen LogP contribution in [0.5, 0.6) is 5.75 Å². The molecule has 2 aromatic rings. The quantitative estimate of drug-likeness (QED) is 0.880. The van der Waals surface area contributed by atoms with Gasteiger partial charge in [-0.3, -0.25) is 0 Å². The zero-order valence-electron chi connectivity index (χ0n) is 10.1. The van der Waals surface area contributed by atoms with Gasteiger partial charge >= 0.3 is 0 Å².